The topological polar surface area (TPSA) is 175 Å². The Morgan fingerprint density at radius 3 is 2.20 bits per heavy atom. The van der Waals surface area contributed by atoms with E-state index in [9.17, 15) is 31.5 Å². The molecule has 0 saturated carbocycles. The van der Waals surface area contributed by atoms with E-state index in [-0.39, 0.29) is 35.1 Å². The summed E-state index contributed by atoms with van der Waals surface area (Å²) in [6.45, 7) is 2.78. The number of anilines is 1. The number of ether oxygens (including phenoxy) is 1. The van der Waals surface area contributed by atoms with Crippen LogP contribution < -0.4 is 14.9 Å². The van der Waals surface area contributed by atoms with E-state index in [1.807, 2.05) is 30.3 Å². The van der Waals surface area contributed by atoms with Gasteiger partial charge in [0.2, 0.25) is 10.0 Å². The molecule has 1 unspecified atom stereocenters. The number of pyridine rings is 1. The van der Waals surface area contributed by atoms with Crippen LogP contribution in [0, 0.1) is 11.8 Å². The van der Waals surface area contributed by atoms with Gasteiger partial charge in [-0.25, -0.2) is 26.6 Å². The van der Waals surface area contributed by atoms with Crippen LogP contribution in [0.1, 0.15) is 63.4 Å². The van der Waals surface area contributed by atoms with Crippen LogP contribution in [0.2, 0.25) is 4.34 Å². The molecule has 19 heteroatoms. The van der Waals surface area contributed by atoms with Crippen LogP contribution in [-0.4, -0.2) is 82.1 Å². The van der Waals surface area contributed by atoms with Crippen molar-refractivity contribution in [2.75, 3.05) is 37.6 Å². The molecule has 0 spiro atoms. The van der Waals surface area contributed by atoms with Gasteiger partial charge in [-0.15, -0.1) is 11.3 Å². The van der Waals surface area contributed by atoms with Gasteiger partial charge in [-0.05, 0) is 99.9 Å². The lowest BCUT2D eigenvalue weighted by Crippen LogP contribution is -2.41. The molecule has 296 valence electrons. The predicted molar refractivity (Wildman–Crippen MR) is 215 cm³/mol. The molecular formula is C35H44Br2ClN5O8S3. The number of carboxylic acids is 1. The SMILES string of the molecule is O=C(NCCCC(NS(=O)(=O)c1cnc(N2CCC(CCCC3CCN(S(=O)(=O)c4cc(Br)c(Cl)s4)CC3)CC2)c(Br)c1)C(=O)O)OCc1ccccc1. The number of rotatable bonds is 17. The monoisotopic (exact) mass is 951 g/mol. The number of piperidine rings is 2. The highest BCUT2D eigenvalue weighted by Crippen LogP contribution is 2.37. The van der Waals surface area contributed by atoms with Crippen LogP contribution in [0.25, 0.3) is 0 Å². The molecule has 0 aliphatic carbocycles. The number of nitrogens with one attached hydrogen (secondary N) is 2. The molecule has 3 N–H and O–H groups in total. The van der Waals surface area contributed by atoms with E-state index in [1.165, 1.54) is 12.3 Å². The second-order valence-corrected chi connectivity index (χ2v) is 20.8. The zero-order valence-electron chi connectivity index (χ0n) is 29.5. The van der Waals surface area contributed by atoms with Crippen molar-refractivity contribution >= 4 is 92.7 Å². The minimum absolute atomic E-state index is 0.0523. The molecule has 2 fully saturated rings. The van der Waals surface area contributed by atoms with E-state index in [2.05, 4.69) is 51.8 Å². The molecule has 2 saturated heterocycles. The Kier molecular flexibility index (Phi) is 15.6. The minimum Gasteiger partial charge on any atom is -0.480 e. The van der Waals surface area contributed by atoms with Gasteiger partial charge in [0.05, 0.1) is 4.47 Å². The fraction of sp³-hybridized carbons (Fsp3) is 0.514. The molecular weight excluding hydrogens is 910 g/mol. The first-order valence-corrected chi connectivity index (χ1v) is 23.5. The van der Waals surface area contributed by atoms with Crippen LogP contribution in [-0.2, 0) is 36.2 Å². The van der Waals surface area contributed by atoms with E-state index in [0.717, 1.165) is 74.9 Å². The Morgan fingerprint density at radius 1 is 0.963 bits per heavy atom. The molecule has 13 nitrogen and oxygen atoms in total. The van der Waals surface area contributed by atoms with Gasteiger partial charge < -0.3 is 20.1 Å². The van der Waals surface area contributed by atoms with Gasteiger partial charge in [0, 0.05) is 43.4 Å². The Morgan fingerprint density at radius 2 is 1.61 bits per heavy atom. The molecule has 2 aromatic heterocycles. The number of aromatic nitrogens is 1. The smallest absolute Gasteiger partial charge is 0.407 e. The number of carbonyl (C=O) groups excluding carboxylic acids is 1. The molecule has 1 atom stereocenters. The summed E-state index contributed by atoms with van der Waals surface area (Å²) >= 11 is 13.9. The molecule has 0 radical (unpaired) electrons. The lowest BCUT2D eigenvalue weighted by Gasteiger charge is -2.34. The number of carbonyl (C=O) groups is 2. The third-order valence-electron chi connectivity index (χ3n) is 9.78. The summed E-state index contributed by atoms with van der Waals surface area (Å²) in [6, 6.07) is 10.8. The number of hydrogen-bond donors (Lipinski definition) is 3. The number of carboxylic acid groups (broad SMARTS) is 1. The summed E-state index contributed by atoms with van der Waals surface area (Å²) in [6.07, 6.45) is 7.66. The molecule has 0 bridgehead atoms. The maximum atomic E-state index is 13.2. The Balaban J connectivity index is 1.01. The van der Waals surface area contributed by atoms with Gasteiger partial charge in [0.25, 0.3) is 10.0 Å². The number of benzene rings is 1. The number of halogens is 3. The molecule has 3 aromatic rings. The summed E-state index contributed by atoms with van der Waals surface area (Å²) in [5.41, 5.74) is 0.827. The van der Waals surface area contributed by atoms with E-state index in [4.69, 9.17) is 16.3 Å². The van der Waals surface area contributed by atoms with Gasteiger partial charge in [-0.3, -0.25) is 4.79 Å². The summed E-state index contributed by atoms with van der Waals surface area (Å²) < 4.78 is 63.2. The number of nitrogens with zero attached hydrogens (tertiary/aromatic N) is 3. The number of amides is 1. The fourth-order valence-electron chi connectivity index (χ4n) is 6.70. The van der Waals surface area contributed by atoms with Gasteiger partial charge in [-0.1, -0.05) is 61.2 Å². The highest BCUT2D eigenvalue weighted by atomic mass is 79.9. The van der Waals surface area contributed by atoms with Crippen molar-refractivity contribution in [3.8, 4) is 0 Å². The maximum Gasteiger partial charge on any atom is 0.407 e. The lowest BCUT2D eigenvalue weighted by atomic mass is 9.87. The average Bonchev–Trinajstić information content (AvgIpc) is 3.51. The van der Waals surface area contributed by atoms with E-state index < -0.39 is 38.2 Å². The summed E-state index contributed by atoms with van der Waals surface area (Å²) in [5.74, 6) is 0.367. The highest BCUT2D eigenvalue weighted by molar-refractivity contribution is 9.11. The quantitative estimate of drug-likeness (QED) is 0.117. The molecule has 1 amide bonds. The van der Waals surface area contributed by atoms with E-state index in [0.29, 0.717) is 44.0 Å². The minimum atomic E-state index is -4.21. The van der Waals surface area contributed by atoms with Crippen molar-refractivity contribution in [2.24, 2.45) is 11.8 Å². The lowest BCUT2D eigenvalue weighted by molar-refractivity contribution is -0.139. The van der Waals surface area contributed by atoms with Crippen molar-refractivity contribution in [3.63, 3.8) is 0 Å². The molecule has 54 heavy (non-hydrogen) atoms. The van der Waals surface area contributed by atoms with Crippen molar-refractivity contribution in [1.82, 2.24) is 19.3 Å². The number of aliphatic carboxylic acids is 1. The third kappa shape index (κ3) is 11.8. The molecule has 2 aliphatic heterocycles. The van der Waals surface area contributed by atoms with Crippen molar-refractivity contribution in [2.45, 2.75) is 79.5 Å². The Hall–Kier alpha value is -2.32. The first-order valence-electron chi connectivity index (χ1n) is 17.8. The second-order valence-electron chi connectivity index (χ2n) is 13.5. The standard InChI is InChI=1S/C35H44Br2ClN5O8S3/c36-28-21-31(52-32(28)38)54(49,50)43-18-13-25(14-19-43)9-4-8-24-11-16-42(17-12-24)33-29(37)20-27(22-40-33)53(47,48)41-30(34(44)45)10-5-15-39-35(46)51-23-26-6-2-1-3-7-26/h1-3,6-7,20-22,24-25,30,41H,4-5,8-19,23H2,(H,39,46)(H,44,45). The van der Waals surface area contributed by atoms with E-state index >= 15 is 0 Å². The predicted octanol–water partition coefficient (Wildman–Crippen LogP) is 7.25. The molecule has 5 rings (SSSR count). The van der Waals surface area contributed by atoms with Crippen LogP contribution in [0.15, 0.2) is 66.7 Å². The first-order chi connectivity index (χ1) is 25.7. The fourth-order valence-corrected chi connectivity index (χ4v) is 12.6. The van der Waals surface area contributed by atoms with Crippen LogP contribution in [0.3, 0.4) is 0 Å². The zero-order chi connectivity index (χ0) is 38.9. The highest BCUT2D eigenvalue weighted by Gasteiger charge is 2.32. The van der Waals surface area contributed by atoms with Gasteiger partial charge >= 0.3 is 12.1 Å². The van der Waals surface area contributed by atoms with Crippen LogP contribution >= 0.6 is 54.8 Å². The van der Waals surface area contributed by atoms with Crippen molar-refractivity contribution < 1.29 is 36.3 Å². The summed E-state index contributed by atoms with van der Waals surface area (Å²) in [7, 11) is -7.74. The third-order valence-corrected chi connectivity index (χ3v) is 16.6. The normalized spacial score (nSPS) is 17.0. The van der Waals surface area contributed by atoms with Gasteiger partial charge in [0.1, 0.15) is 31.9 Å². The summed E-state index contributed by atoms with van der Waals surface area (Å²) in [5, 5.41) is 12.2. The largest absolute Gasteiger partial charge is 0.480 e. The van der Waals surface area contributed by atoms with Gasteiger partial charge in [0.15, 0.2) is 0 Å². The number of sulfonamides is 2. The first kappa shape index (κ1) is 42.8. The number of thiophene rings is 1. The number of alkyl carbamates (subject to hydrolysis) is 1. The second kappa shape index (κ2) is 19.7. The summed E-state index contributed by atoms with van der Waals surface area (Å²) in [4.78, 5) is 30.3. The van der Waals surface area contributed by atoms with Crippen molar-refractivity contribution in [3.05, 3.63) is 67.5 Å². The molecule has 1 aromatic carbocycles. The maximum absolute atomic E-state index is 13.2. The molecule has 4 heterocycles. The molecule has 2 aliphatic rings. The van der Waals surface area contributed by atoms with Crippen LogP contribution in [0.5, 0.6) is 0 Å². The Bertz CT molecular complexity index is 1940. The van der Waals surface area contributed by atoms with E-state index in [1.54, 1.807) is 10.4 Å². The number of hydrogen-bond acceptors (Lipinski definition) is 10. The Labute approximate surface area is 342 Å². The van der Waals surface area contributed by atoms with Gasteiger partial charge in [-0.2, -0.15) is 9.03 Å². The zero-order valence-corrected chi connectivity index (χ0v) is 35.8. The van der Waals surface area contributed by atoms with Crippen LogP contribution in [0.4, 0.5) is 10.6 Å². The average molecular weight is 954 g/mol. The van der Waals surface area contributed by atoms with Crippen molar-refractivity contribution in [1.29, 1.82) is 0 Å².